The minimum absolute atomic E-state index is 0.0883. The largest absolute Gasteiger partial charge is 0.414 e. The Labute approximate surface area is 132 Å². The van der Waals surface area contributed by atoms with Crippen molar-refractivity contribution < 1.29 is 13.5 Å². The van der Waals surface area contributed by atoms with E-state index in [0.29, 0.717) is 0 Å². The Bertz CT molecular complexity index is 705. The maximum absolute atomic E-state index is 12.3. The maximum atomic E-state index is 12.3. The molecule has 2 aromatic rings. The summed E-state index contributed by atoms with van der Waals surface area (Å²) in [5.74, 6) is -0.429. The van der Waals surface area contributed by atoms with Gasteiger partial charge in [-0.2, -0.15) is 8.78 Å². The van der Waals surface area contributed by atoms with Gasteiger partial charge < -0.3 is 4.74 Å². The average molecular weight is 380 g/mol. The van der Waals surface area contributed by atoms with Crippen LogP contribution in [0.4, 0.5) is 8.78 Å². The molecule has 8 heteroatoms. The molecule has 0 saturated heterocycles. The van der Waals surface area contributed by atoms with Crippen molar-refractivity contribution in [3.8, 4) is 5.88 Å². The van der Waals surface area contributed by atoms with Gasteiger partial charge in [-0.1, -0.05) is 41.4 Å². The van der Waals surface area contributed by atoms with E-state index in [9.17, 15) is 13.6 Å². The molecule has 0 unspecified atom stereocenters. The SMILES string of the molecule is Cc1ccc(Cn2nc(OC(F)F)c(Br)c(Cl)c2=O)cc1. The van der Waals surface area contributed by atoms with E-state index in [1.54, 1.807) is 0 Å². The van der Waals surface area contributed by atoms with Crippen LogP contribution in [-0.4, -0.2) is 16.4 Å². The first kappa shape index (κ1) is 15.9. The predicted octanol–water partition coefficient (Wildman–Crippen LogP) is 3.62. The van der Waals surface area contributed by atoms with Crippen LogP contribution in [0.1, 0.15) is 11.1 Å². The number of hydrogen-bond acceptors (Lipinski definition) is 3. The van der Waals surface area contributed by atoms with Crippen molar-refractivity contribution in [2.75, 3.05) is 0 Å². The summed E-state index contributed by atoms with van der Waals surface area (Å²) >= 11 is 8.74. The van der Waals surface area contributed by atoms with Gasteiger partial charge in [0, 0.05) is 0 Å². The first-order valence-electron chi connectivity index (χ1n) is 5.85. The second-order valence-corrected chi connectivity index (χ2v) is 5.43. The highest BCUT2D eigenvalue weighted by molar-refractivity contribution is 9.10. The molecule has 0 aliphatic carbocycles. The fraction of sp³-hybridized carbons (Fsp3) is 0.231. The molecule has 0 spiro atoms. The number of aromatic nitrogens is 2. The summed E-state index contributed by atoms with van der Waals surface area (Å²) < 4.78 is 29.8. The number of rotatable bonds is 4. The van der Waals surface area contributed by atoms with Crippen LogP contribution >= 0.6 is 27.5 Å². The lowest BCUT2D eigenvalue weighted by Gasteiger charge is -2.11. The van der Waals surface area contributed by atoms with Crippen molar-refractivity contribution in [2.24, 2.45) is 0 Å². The van der Waals surface area contributed by atoms with E-state index < -0.39 is 18.1 Å². The third kappa shape index (κ3) is 3.79. The van der Waals surface area contributed by atoms with Gasteiger partial charge in [-0.3, -0.25) is 4.79 Å². The summed E-state index contributed by atoms with van der Waals surface area (Å²) in [7, 11) is 0. The molecule has 1 aromatic heterocycles. The molecule has 0 atom stereocenters. The lowest BCUT2D eigenvalue weighted by atomic mass is 10.1. The third-order valence-electron chi connectivity index (χ3n) is 2.67. The molecule has 1 aromatic carbocycles. The predicted molar refractivity (Wildman–Crippen MR) is 78.1 cm³/mol. The van der Waals surface area contributed by atoms with E-state index in [-0.39, 0.29) is 16.0 Å². The minimum Gasteiger partial charge on any atom is -0.414 e. The molecule has 1 heterocycles. The van der Waals surface area contributed by atoms with Gasteiger partial charge in [0.05, 0.1) is 6.54 Å². The van der Waals surface area contributed by atoms with E-state index in [1.165, 1.54) is 0 Å². The Morgan fingerprint density at radius 1 is 1.38 bits per heavy atom. The van der Waals surface area contributed by atoms with E-state index in [1.807, 2.05) is 31.2 Å². The molecule has 0 amide bonds. The summed E-state index contributed by atoms with van der Waals surface area (Å²) in [6.45, 7) is -1.03. The minimum atomic E-state index is -3.06. The molecular weight excluding hydrogens is 370 g/mol. The quantitative estimate of drug-likeness (QED) is 0.815. The van der Waals surface area contributed by atoms with Crippen LogP contribution in [0.15, 0.2) is 33.5 Å². The number of hydrogen-bond donors (Lipinski definition) is 0. The maximum Gasteiger partial charge on any atom is 0.388 e. The number of ether oxygens (including phenoxy) is 1. The van der Waals surface area contributed by atoms with Crippen molar-refractivity contribution in [1.29, 1.82) is 0 Å². The van der Waals surface area contributed by atoms with E-state index in [2.05, 4.69) is 25.8 Å². The number of benzene rings is 1. The molecule has 0 N–H and O–H groups in total. The summed E-state index contributed by atoms with van der Waals surface area (Å²) in [6, 6.07) is 7.37. The van der Waals surface area contributed by atoms with Crippen LogP contribution in [0.3, 0.4) is 0 Å². The molecule has 0 aliphatic rings. The number of halogens is 4. The average Bonchev–Trinajstić information content (AvgIpc) is 2.43. The van der Waals surface area contributed by atoms with E-state index in [0.717, 1.165) is 15.8 Å². The van der Waals surface area contributed by atoms with E-state index in [4.69, 9.17) is 11.6 Å². The fourth-order valence-electron chi connectivity index (χ4n) is 1.63. The zero-order chi connectivity index (χ0) is 15.6. The molecular formula is C13H10BrClF2N2O2. The second kappa shape index (κ2) is 6.53. The van der Waals surface area contributed by atoms with Crippen LogP contribution in [-0.2, 0) is 6.54 Å². The molecule has 0 saturated carbocycles. The van der Waals surface area contributed by atoms with Crippen molar-refractivity contribution in [1.82, 2.24) is 9.78 Å². The molecule has 0 aliphatic heterocycles. The zero-order valence-electron chi connectivity index (χ0n) is 10.8. The third-order valence-corrected chi connectivity index (χ3v) is 3.98. The Morgan fingerprint density at radius 3 is 2.57 bits per heavy atom. The number of alkyl halides is 2. The van der Waals surface area contributed by atoms with Crippen molar-refractivity contribution in [3.63, 3.8) is 0 Å². The van der Waals surface area contributed by atoms with Crippen molar-refractivity contribution in [3.05, 3.63) is 55.2 Å². The van der Waals surface area contributed by atoms with Crippen LogP contribution in [0.2, 0.25) is 5.02 Å². The lowest BCUT2D eigenvalue weighted by Crippen LogP contribution is -2.25. The topological polar surface area (TPSA) is 44.1 Å². The summed E-state index contributed by atoms with van der Waals surface area (Å²) in [4.78, 5) is 12.0. The zero-order valence-corrected chi connectivity index (χ0v) is 13.2. The van der Waals surface area contributed by atoms with Gasteiger partial charge in [-0.05, 0) is 28.4 Å². The molecule has 21 heavy (non-hydrogen) atoms. The standard InChI is InChI=1S/C13H10BrClF2N2O2/c1-7-2-4-8(5-3-7)6-19-12(20)10(15)9(14)11(18-19)21-13(16)17/h2-5,13H,6H2,1H3. The van der Waals surface area contributed by atoms with Crippen LogP contribution in [0.5, 0.6) is 5.88 Å². The second-order valence-electron chi connectivity index (χ2n) is 4.26. The van der Waals surface area contributed by atoms with Gasteiger partial charge in [0.25, 0.3) is 11.4 Å². The van der Waals surface area contributed by atoms with Crippen molar-refractivity contribution in [2.45, 2.75) is 20.1 Å². The Kier molecular flexibility index (Phi) is 4.95. The Hall–Kier alpha value is -1.47. The molecule has 0 radical (unpaired) electrons. The first-order valence-corrected chi connectivity index (χ1v) is 7.02. The van der Waals surface area contributed by atoms with Gasteiger partial charge in [0.2, 0.25) is 0 Å². The lowest BCUT2D eigenvalue weighted by molar-refractivity contribution is -0.0545. The summed E-state index contributed by atoms with van der Waals surface area (Å²) in [5, 5.41) is 3.50. The molecule has 0 bridgehead atoms. The normalized spacial score (nSPS) is 11.0. The molecule has 0 fully saturated rings. The van der Waals surface area contributed by atoms with Crippen molar-refractivity contribution >= 4 is 27.5 Å². The van der Waals surface area contributed by atoms with Gasteiger partial charge >= 0.3 is 6.61 Å². The summed E-state index contributed by atoms with van der Waals surface area (Å²) in [5.41, 5.74) is 1.26. The molecule has 2 rings (SSSR count). The first-order chi connectivity index (χ1) is 9.88. The number of nitrogens with zero attached hydrogens (tertiary/aromatic N) is 2. The van der Waals surface area contributed by atoms with E-state index >= 15 is 0 Å². The van der Waals surface area contributed by atoms with Gasteiger partial charge in [0.15, 0.2) is 0 Å². The smallest absolute Gasteiger partial charge is 0.388 e. The van der Waals surface area contributed by atoms with Crippen LogP contribution in [0.25, 0.3) is 0 Å². The summed E-state index contributed by atoms with van der Waals surface area (Å²) in [6.07, 6.45) is 0. The number of aryl methyl sites for hydroxylation is 1. The molecule has 4 nitrogen and oxygen atoms in total. The highest BCUT2D eigenvalue weighted by Gasteiger charge is 2.18. The fourth-order valence-corrected chi connectivity index (χ4v) is 2.15. The van der Waals surface area contributed by atoms with Gasteiger partial charge in [0.1, 0.15) is 9.50 Å². The Balaban J connectivity index is 2.41. The monoisotopic (exact) mass is 378 g/mol. The van der Waals surface area contributed by atoms with Gasteiger partial charge in [-0.15, -0.1) is 5.10 Å². The van der Waals surface area contributed by atoms with Crippen LogP contribution in [0, 0.1) is 6.92 Å². The highest BCUT2D eigenvalue weighted by Crippen LogP contribution is 2.28. The highest BCUT2D eigenvalue weighted by atomic mass is 79.9. The van der Waals surface area contributed by atoms with Gasteiger partial charge in [-0.25, -0.2) is 4.68 Å². The Morgan fingerprint density at radius 2 is 2.00 bits per heavy atom. The molecule has 112 valence electrons. The van der Waals surface area contributed by atoms with Crippen LogP contribution < -0.4 is 10.3 Å².